The SMILES string of the molecule is CCOc1ccc([C@@H]2C(C(=O)OC)=C(C)NC3=C2C(=O)C[C@H](c2ccc(OC)c(OC)c2)C3)cc1OC. The highest BCUT2D eigenvalue weighted by molar-refractivity contribution is 6.04. The molecule has 0 aromatic heterocycles. The smallest absolute Gasteiger partial charge is 0.336 e. The van der Waals surface area contributed by atoms with Gasteiger partial charge in [-0.15, -0.1) is 0 Å². The Morgan fingerprint density at radius 3 is 2.16 bits per heavy atom. The van der Waals surface area contributed by atoms with Crippen molar-refractivity contribution < 1.29 is 33.3 Å². The first kappa shape index (κ1) is 26.1. The lowest BCUT2D eigenvalue weighted by molar-refractivity contribution is -0.136. The first-order valence-corrected chi connectivity index (χ1v) is 12.2. The molecule has 1 N–H and O–H groups in total. The van der Waals surface area contributed by atoms with Crippen LogP contribution in [0.4, 0.5) is 0 Å². The lowest BCUT2D eigenvalue weighted by Crippen LogP contribution is -2.36. The monoisotopic (exact) mass is 507 g/mol. The maximum atomic E-state index is 13.8. The van der Waals surface area contributed by atoms with Crippen LogP contribution in [0.25, 0.3) is 0 Å². The molecule has 0 radical (unpaired) electrons. The number of esters is 1. The molecule has 1 aliphatic carbocycles. The number of carbonyl (C=O) groups is 2. The average Bonchev–Trinajstić information content (AvgIpc) is 2.91. The summed E-state index contributed by atoms with van der Waals surface area (Å²) >= 11 is 0. The van der Waals surface area contributed by atoms with Crippen LogP contribution in [0.3, 0.4) is 0 Å². The zero-order chi connectivity index (χ0) is 26.7. The minimum atomic E-state index is -0.591. The summed E-state index contributed by atoms with van der Waals surface area (Å²) < 4.78 is 27.2. The van der Waals surface area contributed by atoms with Gasteiger partial charge < -0.3 is 29.0 Å². The molecule has 1 heterocycles. The minimum absolute atomic E-state index is 0.0275. The molecular weight excluding hydrogens is 474 g/mol. The molecular formula is C29H33NO7. The third kappa shape index (κ3) is 4.88. The number of nitrogens with one attached hydrogen (secondary N) is 1. The average molecular weight is 508 g/mol. The number of dihydropyridines is 1. The molecule has 0 bridgehead atoms. The molecule has 2 aromatic rings. The molecule has 2 aliphatic rings. The molecule has 196 valence electrons. The molecule has 0 saturated carbocycles. The summed E-state index contributed by atoms with van der Waals surface area (Å²) in [7, 11) is 6.10. The van der Waals surface area contributed by atoms with Crippen molar-refractivity contribution in [1.29, 1.82) is 0 Å². The number of allylic oxidation sites excluding steroid dienone is 3. The Bertz CT molecular complexity index is 1280. The van der Waals surface area contributed by atoms with E-state index in [-0.39, 0.29) is 11.7 Å². The summed E-state index contributed by atoms with van der Waals surface area (Å²) in [5, 5.41) is 3.35. The summed E-state index contributed by atoms with van der Waals surface area (Å²) in [6.07, 6.45) is 0.904. The van der Waals surface area contributed by atoms with Crippen molar-refractivity contribution in [1.82, 2.24) is 5.32 Å². The molecule has 2 aromatic carbocycles. The molecule has 37 heavy (non-hydrogen) atoms. The van der Waals surface area contributed by atoms with Gasteiger partial charge in [0.1, 0.15) is 0 Å². The van der Waals surface area contributed by atoms with Gasteiger partial charge in [0.25, 0.3) is 0 Å². The van der Waals surface area contributed by atoms with E-state index in [1.54, 1.807) is 21.3 Å². The Hall–Kier alpha value is -3.94. The summed E-state index contributed by atoms with van der Waals surface area (Å²) in [6.45, 7) is 4.22. The van der Waals surface area contributed by atoms with Crippen molar-refractivity contribution in [3.05, 3.63) is 70.1 Å². The van der Waals surface area contributed by atoms with Crippen LogP contribution in [0.15, 0.2) is 58.9 Å². The van der Waals surface area contributed by atoms with Crippen LogP contribution in [0, 0.1) is 0 Å². The Labute approximate surface area is 217 Å². The van der Waals surface area contributed by atoms with E-state index in [0.717, 1.165) is 16.8 Å². The predicted molar refractivity (Wildman–Crippen MR) is 138 cm³/mol. The number of rotatable bonds is 8. The fraction of sp³-hybridized carbons (Fsp3) is 0.379. The van der Waals surface area contributed by atoms with E-state index in [1.165, 1.54) is 7.11 Å². The maximum absolute atomic E-state index is 13.8. The van der Waals surface area contributed by atoms with Gasteiger partial charge in [0.2, 0.25) is 0 Å². The van der Waals surface area contributed by atoms with Gasteiger partial charge >= 0.3 is 5.97 Å². The van der Waals surface area contributed by atoms with Crippen LogP contribution in [0.2, 0.25) is 0 Å². The van der Waals surface area contributed by atoms with Crippen LogP contribution >= 0.6 is 0 Å². The van der Waals surface area contributed by atoms with E-state index in [4.69, 9.17) is 23.7 Å². The lowest BCUT2D eigenvalue weighted by Gasteiger charge is -2.36. The largest absolute Gasteiger partial charge is 0.493 e. The van der Waals surface area contributed by atoms with E-state index in [1.807, 2.05) is 50.2 Å². The Kier molecular flexibility index (Phi) is 7.76. The van der Waals surface area contributed by atoms with Gasteiger partial charge in [-0.05, 0) is 61.6 Å². The topological polar surface area (TPSA) is 92.3 Å². The molecule has 0 amide bonds. The van der Waals surface area contributed by atoms with E-state index >= 15 is 0 Å². The van der Waals surface area contributed by atoms with Crippen molar-refractivity contribution in [3.63, 3.8) is 0 Å². The minimum Gasteiger partial charge on any atom is -0.493 e. The number of hydrogen-bond donors (Lipinski definition) is 1. The number of benzene rings is 2. The second-order valence-electron chi connectivity index (χ2n) is 8.97. The van der Waals surface area contributed by atoms with Gasteiger partial charge in [0.15, 0.2) is 28.8 Å². The molecule has 2 atom stereocenters. The van der Waals surface area contributed by atoms with Crippen molar-refractivity contribution in [2.24, 2.45) is 0 Å². The molecule has 0 spiro atoms. The summed E-state index contributed by atoms with van der Waals surface area (Å²) in [4.78, 5) is 26.7. The summed E-state index contributed by atoms with van der Waals surface area (Å²) in [6, 6.07) is 11.2. The zero-order valence-electron chi connectivity index (χ0n) is 22.1. The molecule has 0 fully saturated rings. The third-order valence-corrected chi connectivity index (χ3v) is 6.93. The molecule has 0 unspecified atom stereocenters. The summed E-state index contributed by atoms with van der Waals surface area (Å²) in [5.41, 5.74) is 4.19. The number of ether oxygens (including phenoxy) is 5. The zero-order valence-corrected chi connectivity index (χ0v) is 22.1. The first-order chi connectivity index (χ1) is 17.9. The van der Waals surface area contributed by atoms with Gasteiger partial charge in [0.05, 0.1) is 40.6 Å². The van der Waals surface area contributed by atoms with Crippen LogP contribution in [-0.4, -0.2) is 46.8 Å². The molecule has 0 saturated heterocycles. The maximum Gasteiger partial charge on any atom is 0.336 e. The van der Waals surface area contributed by atoms with Crippen molar-refractivity contribution in [2.45, 2.75) is 38.5 Å². The van der Waals surface area contributed by atoms with E-state index in [2.05, 4.69) is 5.32 Å². The van der Waals surface area contributed by atoms with Crippen molar-refractivity contribution in [3.8, 4) is 23.0 Å². The highest BCUT2D eigenvalue weighted by Crippen LogP contribution is 2.47. The van der Waals surface area contributed by atoms with Crippen LogP contribution < -0.4 is 24.3 Å². The third-order valence-electron chi connectivity index (χ3n) is 6.93. The van der Waals surface area contributed by atoms with Crippen LogP contribution in [-0.2, 0) is 14.3 Å². The first-order valence-electron chi connectivity index (χ1n) is 12.2. The number of hydrogen-bond acceptors (Lipinski definition) is 8. The van der Waals surface area contributed by atoms with Crippen molar-refractivity contribution in [2.75, 3.05) is 35.0 Å². The molecule has 8 nitrogen and oxygen atoms in total. The van der Waals surface area contributed by atoms with E-state index in [0.29, 0.717) is 59.3 Å². The second kappa shape index (κ2) is 11.0. The second-order valence-corrected chi connectivity index (χ2v) is 8.97. The fourth-order valence-corrected chi connectivity index (χ4v) is 5.23. The van der Waals surface area contributed by atoms with Gasteiger partial charge in [-0.1, -0.05) is 12.1 Å². The number of methoxy groups -OCH3 is 4. The van der Waals surface area contributed by atoms with E-state index < -0.39 is 11.9 Å². The van der Waals surface area contributed by atoms with E-state index in [9.17, 15) is 9.59 Å². The Morgan fingerprint density at radius 2 is 1.51 bits per heavy atom. The van der Waals surface area contributed by atoms with Gasteiger partial charge in [-0.3, -0.25) is 4.79 Å². The quantitative estimate of drug-likeness (QED) is 0.517. The van der Waals surface area contributed by atoms with Gasteiger partial charge in [-0.2, -0.15) is 0 Å². The predicted octanol–water partition coefficient (Wildman–Crippen LogP) is 4.65. The lowest BCUT2D eigenvalue weighted by atomic mass is 9.71. The molecule has 8 heteroatoms. The van der Waals surface area contributed by atoms with Gasteiger partial charge in [0, 0.05) is 29.3 Å². The normalized spacial score (nSPS) is 19.1. The number of Topliss-reactive ketones (excluding diaryl/α,β-unsaturated/α-hetero) is 1. The molecule has 1 aliphatic heterocycles. The number of carbonyl (C=O) groups excluding carboxylic acids is 2. The van der Waals surface area contributed by atoms with Crippen LogP contribution in [0.5, 0.6) is 23.0 Å². The fourth-order valence-electron chi connectivity index (χ4n) is 5.23. The van der Waals surface area contributed by atoms with Crippen LogP contribution in [0.1, 0.15) is 49.7 Å². The number of ketones is 1. The Balaban J connectivity index is 1.80. The van der Waals surface area contributed by atoms with Gasteiger partial charge in [-0.25, -0.2) is 4.79 Å². The van der Waals surface area contributed by atoms with Crippen molar-refractivity contribution >= 4 is 11.8 Å². The summed E-state index contributed by atoms with van der Waals surface area (Å²) in [5.74, 6) is 1.23. The Morgan fingerprint density at radius 1 is 0.892 bits per heavy atom. The standard InChI is InChI=1S/C29H33NO7/c1-7-37-23-11-9-18(15-25(23)35-5)27-26(29(32)36-6)16(2)30-20-12-19(13-21(31)28(20)27)17-8-10-22(33-3)24(14-17)34-4/h8-11,14-15,19,27,30H,7,12-13H2,1-6H3/t19-,27-/m1/s1. The highest BCUT2D eigenvalue weighted by Gasteiger charge is 2.41. The highest BCUT2D eigenvalue weighted by atomic mass is 16.5. The molecule has 4 rings (SSSR count).